The molecular weight excluding hydrogens is 492 g/mol. The van der Waals surface area contributed by atoms with Gasteiger partial charge in [-0.3, -0.25) is 4.79 Å². The maximum Gasteiger partial charge on any atom is 0.254 e. The number of aliphatic hydroxyl groups excluding tert-OH is 5. The molecular formula is C28H30N2O8. The lowest BCUT2D eigenvalue weighted by Gasteiger charge is -2.48. The molecule has 0 saturated carbocycles. The summed E-state index contributed by atoms with van der Waals surface area (Å²) < 4.78 is 12.5. The highest BCUT2D eigenvalue weighted by Gasteiger charge is 2.56. The summed E-state index contributed by atoms with van der Waals surface area (Å²) in [7, 11) is 1.55. The van der Waals surface area contributed by atoms with Crippen molar-refractivity contribution in [3.63, 3.8) is 0 Å². The number of benzene rings is 3. The van der Waals surface area contributed by atoms with Crippen LogP contribution in [0, 0.1) is 0 Å². The summed E-state index contributed by atoms with van der Waals surface area (Å²) >= 11 is 0. The van der Waals surface area contributed by atoms with Gasteiger partial charge in [0.15, 0.2) is 6.29 Å². The first kappa shape index (κ1) is 26.1. The average molecular weight is 523 g/mol. The Morgan fingerprint density at radius 1 is 1.05 bits per heavy atom. The number of carbonyl (C=O) groups is 1. The third-order valence-corrected chi connectivity index (χ3v) is 7.32. The standard InChI is InChI=1S/C28H30N2O8/c1-37-18-9-10-20-21(26(35)29-28(15-32)25(34)24(33)23(14-31)38-27(28)36)13-30(22(20)11-18)12-17-7-4-6-16-5-2-3-8-19(16)17/h2-11,13,23-25,27,31-34,36H,12,14-15H2,1H3,(H,29,35)/t23-,24-,25+,27?,28-/m1/s1. The Bertz CT molecular complexity index is 1460. The van der Waals surface area contributed by atoms with E-state index in [0.29, 0.717) is 23.2 Å². The number of rotatable bonds is 7. The Hall–Kier alpha value is -3.51. The average Bonchev–Trinajstić information content (AvgIpc) is 3.30. The smallest absolute Gasteiger partial charge is 0.254 e. The van der Waals surface area contributed by atoms with Gasteiger partial charge in [0.25, 0.3) is 5.91 Å². The van der Waals surface area contributed by atoms with Gasteiger partial charge in [0.05, 0.1) is 31.4 Å². The highest BCUT2D eigenvalue weighted by Crippen LogP contribution is 2.32. The van der Waals surface area contributed by atoms with Crippen LogP contribution < -0.4 is 10.1 Å². The minimum absolute atomic E-state index is 0.217. The molecule has 1 aliphatic rings. The third-order valence-electron chi connectivity index (χ3n) is 7.32. The summed E-state index contributed by atoms with van der Waals surface area (Å²) in [6.45, 7) is -1.16. The second-order valence-electron chi connectivity index (χ2n) is 9.49. The highest BCUT2D eigenvalue weighted by molar-refractivity contribution is 6.07. The number of aliphatic hydroxyl groups is 5. The Kier molecular flexibility index (Phi) is 7.10. The van der Waals surface area contributed by atoms with Crippen LogP contribution in [0.5, 0.6) is 5.75 Å². The summed E-state index contributed by atoms with van der Waals surface area (Å²) in [5.41, 5.74) is -0.166. The zero-order chi connectivity index (χ0) is 27.0. The van der Waals surface area contributed by atoms with Gasteiger partial charge in [-0.1, -0.05) is 42.5 Å². The van der Waals surface area contributed by atoms with Gasteiger partial charge in [-0.05, 0) is 28.5 Å². The molecule has 38 heavy (non-hydrogen) atoms. The molecule has 1 fully saturated rings. The van der Waals surface area contributed by atoms with Crippen molar-refractivity contribution >= 4 is 27.6 Å². The van der Waals surface area contributed by atoms with E-state index in [2.05, 4.69) is 5.32 Å². The molecule has 10 nitrogen and oxygen atoms in total. The van der Waals surface area contributed by atoms with E-state index in [1.165, 1.54) is 0 Å². The second-order valence-corrected chi connectivity index (χ2v) is 9.49. The van der Waals surface area contributed by atoms with Gasteiger partial charge in [0.1, 0.15) is 29.6 Å². The van der Waals surface area contributed by atoms with Crippen LogP contribution in [-0.2, 0) is 11.3 Å². The number of nitrogens with one attached hydrogen (secondary N) is 1. The van der Waals surface area contributed by atoms with Crippen molar-refractivity contribution in [2.45, 2.75) is 36.7 Å². The highest BCUT2D eigenvalue weighted by atomic mass is 16.6. The fourth-order valence-corrected chi connectivity index (χ4v) is 5.12. The molecule has 1 unspecified atom stereocenters. The first-order valence-corrected chi connectivity index (χ1v) is 12.2. The lowest BCUT2D eigenvalue weighted by Crippen LogP contribution is -2.74. The van der Waals surface area contributed by atoms with Crippen LogP contribution in [-0.4, -0.2) is 86.5 Å². The SMILES string of the molecule is COc1ccc2c(C(=O)N[C@@]3(CO)C(O)O[C@H](CO)[C@@H](O)[C@@H]3O)cn(Cc3cccc4ccccc34)c2c1. The monoisotopic (exact) mass is 522 g/mol. The van der Waals surface area contributed by atoms with Crippen molar-refractivity contribution in [2.75, 3.05) is 20.3 Å². The number of hydrogen-bond donors (Lipinski definition) is 6. The van der Waals surface area contributed by atoms with Crippen LogP contribution in [0.1, 0.15) is 15.9 Å². The number of nitrogens with zero attached hydrogens (tertiary/aromatic N) is 1. The predicted octanol–water partition coefficient (Wildman–Crippen LogP) is 0.744. The molecule has 1 aromatic heterocycles. The molecule has 6 N–H and O–H groups in total. The van der Waals surface area contributed by atoms with Gasteiger partial charge in [-0.2, -0.15) is 0 Å². The van der Waals surface area contributed by atoms with Gasteiger partial charge >= 0.3 is 0 Å². The summed E-state index contributed by atoms with van der Waals surface area (Å²) in [6, 6.07) is 19.3. The van der Waals surface area contributed by atoms with Crippen molar-refractivity contribution in [1.29, 1.82) is 0 Å². The number of aromatic nitrogens is 1. The van der Waals surface area contributed by atoms with Crippen molar-refractivity contribution in [1.82, 2.24) is 9.88 Å². The molecule has 10 heteroatoms. The van der Waals surface area contributed by atoms with Crippen LogP contribution in [0.3, 0.4) is 0 Å². The molecule has 5 atom stereocenters. The summed E-state index contributed by atoms with van der Waals surface area (Å²) in [5, 5.41) is 56.4. The lowest BCUT2D eigenvalue weighted by atomic mass is 9.83. The molecule has 0 aliphatic carbocycles. The first-order valence-electron chi connectivity index (χ1n) is 12.2. The molecule has 1 saturated heterocycles. The Balaban J connectivity index is 1.55. The van der Waals surface area contributed by atoms with Crippen LogP contribution >= 0.6 is 0 Å². The molecule has 1 amide bonds. The predicted molar refractivity (Wildman–Crippen MR) is 139 cm³/mol. The van der Waals surface area contributed by atoms with E-state index < -0.39 is 49.3 Å². The molecule has 5 rings (SSSR count). The van der Waals surface area contributed by atoms with Crippen molar-refractivity contribution < 1.29 is 39.8 Å². The van der Waals surface area contributed by atoms with Crippen LogP contribution in [0.4, 0.5) is 0 Å². The maximum atomic E-state index is 13.6. The molecule has 0 spiro atoms. The number of amides is 1. The van der Waals surface area contributed by atoms with Crippen LogP contribution in [0.15, 0.2) is 66.9 Å². The van der Waals surface area contributed by atoms with Crippen molar-refractivity contribution in [2.24, 2.45) is 0 Å². The van der Waals surface area contributed by atoms with E-state index in [4.69, 9.17) is 9.47 Å². The van der Waals surface area contributed by atoms with Gasteiger partial charge in [-0.15, -0.1) is 0 Å². The number of methoxy groups -OCH3 is 1. The summed E-state index contributed by atoms with van der Waals surface area (Å²) in [6.07, 6.45) is -5.00. The maximum absolute atomic E-state index is 13.6. The fourth-order valence-electron chi connectivity index (χ4n) is 5.12. The zero-order valence-electron chi connectivity index (χ0n) is 20.7. The Labute approximate surface area is 218 Å². The minimum atomic E-state index is -2.13. The van der Waals surface area contributed by atoms with E-state index in [1.54, 1.807) is 25.4 Å². The summed E-state index contributed by atoms with van der Waals surface area (Å²) in [4.78, 5) is 13.6. The largest absolute Gasteiger partial charge is 0.497 e. The molecule has 1 aliphatic heterocycles. The van der Waals surface area contributed by atoms with Gasteiger partial charge in [0, 0.05) is 24.2 Å². The Morgan fingerprint density at radius 3 is 2.55 bits per heavy atom. The van der Waals surface area contributed by atoms with Gasteiger partial charge < -0.3 is 44.9 Å². The number of hydrogen-bond acceptors (Lipinski definition) is 8. The number of carbonyl (C=O) groups excluding carboxylic acids is 1. The second kappa shape index (κ2) is 10.3. The molecule has 4 aromatic rings. The number of fused-ring (bicyclic) bond motifs is 2. The normalized spacial score (nSPS) is 25.5. The van der Waals surface area contributed by atoms with E-state index in [9.17, 15) is 30.3 Å². The van der Waals surface area contributed by atoms with Crippen molar-refractivity contribution in [3.05, 3.63) is 78.0 Å². The lowest BCUT2D eigenvalue weighted by molar-refractivity contribution is -0.288. The topological polar surface area (TPSA) is 154 Å². The minimum Gasteiger partial charge on any atom is -0.497 e. The van der Waals surface area contributed by atoms with E-state index in [0.717, 1.165) is 16.3 Å². The molecule has 0 bridgehead atoms. The molecule has 200 valence electrons. The van der Waals surface area contributed by atoms with Gasteiger partial charge in [-0.25, -0.2) is 0 Å². The third kappa shape index (κ3) is 4.31. The molecule has 3 aromatic carbocycles. The van der Waals surface area contributed by atoms with E-state index >= 15 is 0 Å². The van der Waals surface area contributed by atoms with Crippen molar-refractivity contribution in [3.8, 4) is 5.75 Å². The fraction of sp³-hybridized carbons (Fsp3) is 0.321. The number of ether oxygens (including phenoxy) is 2. The zero-order valence-corrected chi connectivity index (χ0v) is 20.7. The quantitative estimate of drug-likeness (QED) is 0.208. The van der Waals surface area contributed by atoms with Crippen LogP contribution in [0.25, 0.3) is 21.7 Å². The van der Waals surface area contributed by atoms with E-state index in [-0.39, 0.29) is 5.56 Å². The molecule has 2 heterocycles. The summed E-state index contributed by atoms with van der Waals surface area (Å²) in [5.74, 6) is -0.111. The van der Waals surface area contributed by atoms with Crippen LogP contribution in [0.2, 0.25) is 0 Å². The first-order chi connectivity index (χ1) is 18.3. The Morgan fingerprint density at radius 2 is 1.82 bits per heavy atom. The molecule has 0 radical (unpaired) electrons. The van der Waals surface area contributed by atoms with Gasteiger partial charge in [0.2, 0.25) is 0 Å². The van der Waals surface area contributed by atoms with E-state index in [1.807, 2.05) is 53.1 Å².